The van der Waals surface area contributed by atoms with Gasteiger partial charge in [-0.1, -0.05) is 25.1 Å². The molecule has 1 aromatic heterocycles. The Balaban J connectivity index is 2.21. The van der Waals surface area contributed by atoms with Crippen molar-refractivity contribution in [1.29, 1.82) is 0 Å². The van der Waals surface area contributed by atoms with E-state index in [-0.39, 0.29) is 6.04 Å². The van der Waals surface area contributed by atoms with Gasteiger partial charge in [-0.25, -0.2) is 0 Å². The minimum Gasteiger partial charge on any atom is -0.467 e. The molecule has 0 aliphatic rings. The lowest BCUT2D eigenvalue weighted by Gasteiger charge is -2.23. The lowest BCUT2D eigenvalue weighted by molar-refractivity contribution is 0.507. The fraction of sp³-hybridized carbons (Fsp3) is 0.333. The van der Waals surface area contributed by atoms with E-state index in [2.05, 4.69) is 31.0 Å². The highest BCUT2D eigenvalue weighted by atomic mass is 16.3. The molecule has 0 aliphatic carbocycles. The second kappa shape index (κ2) is 5.74. The van der Waals surface area contributed by atoms with Crippen molar-refractivity contribution in [3.63, 3.8) is 0 Å². The molecule has 0 spiro atoms. The first-order valence-corrected chi connectivity index (χ1v) is 6.30. The zero-order valence-corrected chi connectivity index (χ0v) is 11.0. The molecule has 0 bridgehead atoms. The van der Waals surface area contributed by atoms with Crippen molar-refractivity contribution in [2.45, 2.75) is 25.9 Å². The lowest BCUT2D eigenvalue weighted by atomic mass is 10.0. The predicted octanol–water partition coefficient (Wildman–Crippen LogP) is 3.33. The van der Waals surface area contributed by atoms with Crippen LogP contribution in [0.1, 0.15) is 30.7 Å². The van der Waals surface area contributed by atoms with E-state index in [0.717, 1.165) is 18.7 Å². The van der Waals surface area contributed by atoms with Crippen LogP contribution in [0.2, 0.25) is 0 Å². The standard InChI is InChI=1S/C15H20N2O/c1-3-14(16)13-8-4-5-9-15(13)17(2)11-12-7-6-10-18-12/h4-10,14H,3,11,16H2,1-2H3. The van der Waals surface area contributed by atoms with E-state index in [1.54, 1.807) is 6.26 Å². The molecular formula is C15H20N2O. The molecule has 1 unspecified atom stereocenters. The molecule has 0 saturated heterocycles. The summed E-state index contributed by atoms with van der Waals surface area (Å²) in [6.45, 7) is 2.86. The number of rotatable bonds is 5. The molecule has 0 aliphatic heterocycles. The van der Waals surface area contributed by atoms with Gasteiger partial charge in [0.1, 0.15) is 5.76 Å². The maximum atomic E-state index is 6.16. The highest BCUT2D eigenvalue weighted by molar-refractivity contribution is 5.54. The van der Waals surface area contributed by atoms with Crippen molar-refractivity contribution in [2.75, 3.05) is 11.9 Å². The summed E-state index contributed by atoms with van der Waals surface area (Å²) in [4.78, 5) is 2.17. The number of anilines is 1. The molecule has 0 saturated carbocycles. The van der Waals surface area contributed by atoms with Gasteiger partial charge < -0.3 is 15.1 Å². The van der Waals surface area contributed by atoms with E-state index in [1.807, 2.05) is 24.3 Å². The molecule has 1 aromatic carbocycles. The van der Waals surface area contributed by atoms with E-state index >= 15 is 0 Å². The fourth-order valence-corrected chi connectivity index (χ4v) is 2.09. The van der Waals surface area contributed by atoms with Gasteiger partial charge in [0.15, 0.2) is 0 Å². The molecule has 3 heteroatoms. The third-order valence-corrected chi connectivity index (χ3v) is 3.16. The molecule has 18 heavy (non-hydrogen) atoms. The first-order valence-electron chi connectivity index (χ1n) is 6.30. The number of benzene rings is 1. The van der Waals surface area contributed by atoms with Gasteiger partial charge in [0.25, 0.3) is 0 Å². The average Bonchev–Trinajstić information content (AvgIpc) is 2.90. The van der Waals surface area contributed by atoms with E-state index in [9.17, 15) is 0 Å². The second-order valence-corrected chi connectivity index (χ2v) is 4.51. The smallest absolute Gasteiger partial charge is 0.123 e. The summed E-state index contributed by atoms with van der Waals surface area (Å²) in [7, 11) is 2.06. The number of nitrogens with zero attached hydrogens (tertiary/aromatic N) is 1. The Morgan fingerprint density at radius 3 is 2.67 bits per heavy atom. The molecule has 0 amide bonds. The van der Waals surface area contributed by atoms with Gasteiger partial charge in [0.2, 0.25) is 0 Å². The lowest BCUT2D eigenvalue weighted by Crippen LogP contribution is -2.20. The van der Waals surface area contributed by atoms with Crippen LogP contribution < -0.4 is 10.6 Å². The topological polar surface area (TPSA) is 42.4 Å². The Morgan fingerprint density at radius 1 is 1.22 bits per heavy atom. The van der Waals surface area contributed by atoms with Gasteiger partial charge >= 0.3 is 0 Å². The number of nitrogens with two attached hydrogens (primary N) is 1. The monoisotopic (exact) mass is 244 g/mol. The molecular weight excluding hydrogens is 224 g/mol. The highest BCUT2D eigenvalue weighted by Crippen LogP contribution is 2.26. The minimum absolute atomic E-state index is 0.0836. The fourth-order valence-electron chi connectivity index (χ4n) is 2.09. The molecule has 96 valence electrons. The molecule has 2 aromatic rings. The van der Waals surface area contributed by atoms with Crippen LogP contribution in [0.5, 0.6) is 0 Å². The van der Waals surface area contributed by atoms with E-state index in [0.29, 0.717) is 0 Å². The first kappa shape index (κ1) is 12.7. The Hall–Kier alpha value is -1.74. The van der Waals surface area contributed by atoms with Crippen molar-refractivity contribution in [1.82, 2.24) is 0 Å². The number of hydrogen-bond acceptors (Lipinski definition) is 3. The van der Waals surface area contributed by atoms with Crippen LogP contribution in [0.25, 0.3) is 0 Å². The van der Waals surface area contributed by atoms with Gasteiger partial charge in [0, 0.05) is 18.8 Å². The summed E-state index contributed by atoms with van der Waals surface area (Å²) in [6, 6.07) is 12.3. The summed E-state index contributed by atoms with van der Waals surface area (Å²) in [5.41, 5.74) is 8.51. The Kier molecular flexibility index (Phi) is 4.05. The maximum absolute atomic E-state index is 6.16. The normalized spacial score (nSPS) is 12.4. The summed E-state index contributed by atoms with van der Waals surface area (Å²) in [6.07, 6.45) is 2.64. The van der Waals surface area contributed by atoms with E-state index in [1.165, 1.54) is 11.3 Å². The van der Waals surface area contributed by atoms with E-state index < -0.39 is 0 Å². The molecule has 0 radical (unpaired) electrons. The van der Waals surface area contributed by atoms with Gasteiger partial charge in [-0.15, -0.1) is 0 Å². The Labute approximate surface area is 108 Å². The quantitative estimate of drug-likeness (QED) is 0.877. The Bertz CT molecular complexity index is 479. The van der Waals surface area contributed by atoms with Crippen LogP contribution >= 0.6 is 0 Å². The van der Waals surface area contributed by atoms with Crippen molar-refractivity contribution in [3.8, 4) is 0 Å². The number of para-hydroxylation sites is 1. The van der Waals surface area contributed by atoms with Crippen molar-refractivity contribution >= 4 is 5.69 Å². The van der Waals surface area contributed by atoms with Gasteiger partial charge in [-0.2, -0.15) is 0 Å². The van der Waals surface area contributed by atoms with Crippen LogP contribution in [0.3, 0.4) is 0 Å². The van der Waals surface area contributed by atoms with Crippen molar-refractivity contribution in [2.24, 2.45) is 5.73 Å². The van der Waals surface area contributed by atoms with Gasteiger partial charge in [-0.3, -0.25) is 0 Å². The molecule has 2 N–H and O–H groups in total. The van der Waals surface area contributed by atoms with Crippen LogP contribution in [-0.4, -0.2) is 7.05 Å². The summed E-state index contributed by atoms with van der Waals surface area (Å²) < 4.78 is 5.38. The average molecular weight is 244 g/mol. The van der Waals surface area contributed by atoms with Crippen LogP contribution in [0.4, 0.5) is 5.69 Å². The zero-order valence-electron chi connectivity index (χ0n) is 11.0. The minimum atomic E-state index is 0.0836. The van der Waals surface area contributed by atoms with Crippen LogP contribution in [0, 0.1) is 0 Å². The molecule has 0 fully saturated rings. The molecule has 2 rings (SSSR count). The van der Waals surface area contributed by atoms with E-state index in [4.69, 9.17) is 10.2 Å². The predicted molar refractivity (Wildman–Crippen MR) is 74.5 cm³/mol. The van der Waals surface area contributed by atoms with Gasteiger partial charge in [0.05, 0.1) is 12.8 Å². The largest absolute Gasteiger partial charge is 0.467 e. The second-order valence-electron chi connectivity index (χ2n) is 4.51. The third kappa shape index (κ3) is 2.74. The van der Waals surface area contributed by atoms with Crippen LogP contribution in [-0.2, 0) is 6.54 Å². The SMILES string of the molecule is CCC(N)c1ccccc1N(C)Cc1ccco1. The molecule has 1 heterocycles. The first-order chi connectivity index (χ1) is 8.72. The molecule has 1 atom stereocenters. The zero-order chi connectivity index (χ0) is 13.0. The van der Waals surface area contributed by atoms with Crippen molar-refractivity contribution < 1.29 is 4.42 Å². The maximum Gasteiger partial charge on any atom is 0.123 e. The summed E-state index contributed by atoms with van der Waals surface area (Å²) >= 11 is 0. The van der Waals surface area contributed by atoms with Gasteiger partial charge in [-0.05, 0) is 30.2 Å². The van der Waals surface area contributed by atoms with Crippen LogP contribution in [0.15, 0.2) is 47.1 Å². The number of furan rings is 1. The number of hydrogen-bond donors (Lipinski definition) is 1. The summed E-state index contributed by atoms with van der Waals surface area (Å²) in [5.74, 6) is 0.956. The highest BCUT2D eigenvalue weighted by Gasteiger charge is 2.12. The summed E-state index contributed by atoms with van der Waals surface area (Å²) in [5, 5.41) is 0. The third-order valence-electron chi connectivity index (χ3n) is 3.16. The van der Waals surface area contributed by atoms with Crippen molar-refractivity contribution in [3.05, 3.63) is 54.0 Å². The molecule has 3 nitrogen and oxygen atoms in total. The Morgan fingerprint density at radius 2 is 2.00 bits per heavy atom.